The summed E-state index contributed by atoms with van der Waals surface area (Å²) in [6, 6.07) is 10.3. The van der Waals surface area contributed by atoms with Crippen LogP contribution in [0.2, 0.25) is 0 Å². The molecule has 2 heterocycles. The number of thiazole rings is 1. The normalized spacial score (nSPS) is 14.4. The molecular weight excluding hydrogens is 436 g/mol. The highest BCUT2D eigenvalue weighted by Gasteiger charge is 2.25. The third-order valence-electron chi connectivity index (χ3n) is 5.25. The standard InChI is InChI=1S/C21H24N4O4S2/c1-24(2)31(27,28)15-7-8-18(25-10-4-5-11-25)16(13-15)20(26)23-21-22-17-12-14(29-3)6-9-19(17)30-21/h6-9,12-13H,4-5,10-11H2,1-3H3,(H,22,23,26). The van der Waals surface area contributed by atoms with Crippen LogP contribution in [0.5, 0.6) is 5.75 Å². The van der Waals surface area contributed by atoms with Crippen LogP contribution in [0.4, 0.5) is 10.8 Å². The van der Waals surface area contributed by atoms with Gasteiger partial charge in [0.15, 0.2) is 5.13 Å². The third-order valence-corrected chi connectivity index (χ3v) is 8.02. The molecule has 0 atom stereocenters. The molecule has 2 aromatic carbocycles. The predicted octanol–water partition coefficient (Wildman–Crippen LogP) is 3.41. The highest BCUT2D eigenvalue weighted by molar-refractivity contribution is 7.89. The quantitative estimate of drug-likeness (QED) is 0.606. The molecule has 1 aromatic heterocycles. The maximum Gasteiger partial charge on any atom is 0.259 e. The van der Waals surface area contributed by atoms with E-state index in [0.29, 0.717) is 16.4 Å². The van der Waals surface area contributed by atoms with E-state index < -0.39 is 10.0 Å². The largest absolute Gasteiger partial charge is 0.497 e. The summed E-state index contributed by atoms with van der Waals surface area (Å²) in [5, 5.41) is 3.30. The van der Waals surface area contributed by atoms with Crippen LogP contribution in [-0.4, -0.2) is 57.9 Å². The number of rotatable bonds is 6. The van der Waals surface area contributed by atoms with Crippen molar-refractivity contribution in [2.45, 2.75) is 17.7 Å². The molecule has 0 spiro atoms. The number of anilines is 2. The van der Waals surface area contributed by atoms with Crippen LogP contribution < -0.4 is 15.0 Å². The first-order chi connectivity index (χ1) is 14.8. The Morgan fingerprint density at radius 1 is 1.16 bits per heavy atom. The van der Waals surface area contributed by atoms with Crippen LogP contribution in [-0.2, 0) is 10.0 Å². The van der Waals surface area contributed by atoms with E-state index in [1.54, 1.807) is 25.3 Å². The monoisotopic (exact) mass is 460 g/mol. The van der Waals surface area contributed by atoms with E-state index in [4.69, 9.17) is 4.74 Å². The van der Waals surface area contributed by atoms with Crippen molar-refractivity contribution in [1.29, 1.82) is 0 Å². The molecule has 0 bridgehead atoms. The Labute approximate surface area is 185 Å². The van der Waals surface area contributed by atoms with E-state index in [2.05, 4.69) is 15.2 Å². The summed E-state index contributed by atoms with van der Waals surface area (Å²) in [6.07, 6.45) is 2.08. The summed E-state index contributed by atoms with van der Waals surface area (Å²) < 4.78 is 32.6. The van der Waals surface area contributed by atoms with Crippen molar-refractivity contribution >= 4 is 48.3 Å². The molecular formula is C21H24N4O4S2. The lowest BCUT2D eigenvalue weighted by atomic mass is 10.1. The van der Waals surface area contributed by atoms with Gasteiger partial charge < -0.3 is 9.64 Å². The number of hydrogen-bond acceptors (Lipinski definition) is 7. The number of sulfonamides is 1. The minimum absolute atomic E-state index is 0.0830. The minimum Gasteiger partial charge on any atom is -0.497 e. The zero-order valence-corrected chi connectivity index (χ0v) is 19.2. The summed E-state index contributed by atoms with van der Waals surface area (Å²) in [6.45, 7) is 1.67. The highest BCUT2D eigenvalue weighted by atomic mass is 32.2. The van der Waals surface area contributed by atoms with Gasteiger partial charge in [-0.15, -0.1) is 0 Å². The Kier molecular flexibility index (Phi) is 5.87. The average molecular weight is 461 g/mol. The number of nitrogens with zero attached hydrogens (tertiary/aromatic N) is 3. The zero-order chi connectivity index (χ0) is 22.2. The molecule has 10 heteroatoms. The molecule has 4 rings (SSSR count). The van der Waals surface area contributed by atoms with Gasteiger partial charge in [-0.05, 0) is 43.2 Å². The number of hydrogen-bond donors (Lipinski definition) is 1. The van der Waals surface area contributed by atoms with Crippen LogP contribution in [0.25, 0.3) is 10.2 Å². The molecule has 8 nitrogen and oxygen atoms in total. The van der Waals surface area contributed by atoms with Crippen molar-refractivity contribution < 1.29 is 17.9 Å². The molecule has 0 saturated carbocycles. The lowest BCUT2D eigenvalue weighted by molar-refractivity contribution is 0.102. The SMILES string of the molecule is COc1ccc2sc(NC(=O)c3cc(S(=O)(=O)N(C)C)ccc3N3CCCC3)nc2c1. The third kappa shape index (κ3) is 4.23. The summed E-state index contributed by atoms with van der Waals surface area (Å²) in [4.78, 5) is 19.9. The number of nitrogens with one attached hydrogen (secondary N) is 1. The first-order valence-corrected chi connectivity index (χ1v) is 12.1. The van der Waals surface area contributed by atoms with Gasteiger partial charge in [0.05, 0.1) is 27.8 Å². The summed E-state index contributed by atoms with van der Waals surface area (Å²) in [5.74, 6) is 0.303. The number of ether oxygens (including phenoxy) is 1. The van der Waals surface area contributed by atoms with Gasteiger partial charge in [-0.25, -0.2) is 17.7 Å². The molecule has 0 radical (unpaired) electrons. The van der Waals surface area contributed by atoms with Gasteiger partial charge in [0.25, 0.3) is 5.91 Å². The van der Waals surface area contributed by atoms with Crippen molar-refractivity contribution in [3.8, 4) is 5.75 Å². The Balaban J connectivity index is 1.71. The fourth-order valence-corrected chi connectivity index (χ4v) is 5.32. The van der Waals surface area contributed by atoms with Crippen LogP contribution in [0.15, 0.2) is 41.3 Å². The van der Waals surface area contributed by atoms with E-state index in [1.807, 2.05) is 12.1 Å². The molecule has 1 fully saturated rings. The van der Waals surface area contributed by atoms with E-state index in [1.165, 1.54) is 31.5 Å². The van der Waals surface area contributed by atoms with Gasteiger partial charge in [0.1, 0.15) is 5.75 Å². The number of methoxy groups -OCH3 is 1. The Hall–Kier alpha value is -2.69. The summed E-state index contributed by atoms with van der Waals surface area (Å²) in [7, 11) is 0.864. The van der Waals surface area contributed by atoms with E-state index in [0.717, 1.165) is 46.1 Å². The summed E-state index contributed by atoms with van der Waals surface area (Å²) in [5.41, 5.74) is 1.78. The molecule has 1 aliphatic rings. The Bertz CT molecular complexity index is 1230. The maximum atomic E-state index is 13.2. The zero-order valence-electron chi connectivity index (χ0n) is 17.6. The molecule has 0 unspecified atom stereocenters. The fourth-order valence-electron chi connectivity index (χ4n) is 3.55. The molecule has 1 N–H and O–H groups in total. The van der Waals surface area contributed by atoms with E-state index in [9.17, 15) is 13.2 Å². The predicted molar refractivity (Wildman–Crippen MR) is 123 cm³/mol. The number of carbonyl (C=O) groups excluding carboxylic acids is 1. The highest BCUT2D eigenvalue weighted by Crippen LogP contribution is 2.32. The number of aromatic nitrogens is 1. The minimum atomic E-state index is -3.67. The smallest absolute Gasteiger partial charge is 0.259 e. The van der Waals surface area contributed by atoms with Gasteiger partial charge in [0.2, 0.25) is 10.0 Å². The number of benzene rings is 2. The van der Waals surface area contributed by atoms with Gasteiger partial charge >= 0.3 is 0 Å². The van der Waals surface area contributed by atoms with Gasteiger partial charge in [-0.3, -0.25) is 10.1 Å². The van der Waals surface area contributed by atoms with E-state index in [-0.39, 0.29) is 10.8 Å². The molecule has 31 heavy (non-hydrogen) atoms. The van der Waals surface area contributed by atoms with Crippen molar-refractivity contribution in [3.63, 3.8) is 0 Å². The molecule has 164 valence electrons. The van der Waals surface area contributed by atoms with Gasteiger partial charge in [0, 0.05) is 38.9 Å². The van der Waals surface area contributed by atoms with Crippen LogP contribution in [0.1, 0.15) is 23.2 Å². The van der Waals surface area contributed by atoms with Crippen molar-refractivity contribution in [3.05, 3.63) is 42.0 Å². The van der Waals surface area contributed by atoms with E-state index >= 15 is 0 Å². The Morgan fingerprint density at radius 3 is 2.58 bits per heavy atom. The van der Waals surface area contributed by atoms with Crippen molar-refractivity contribution in [2.75, 3.05) is 44.5 Å². The summed E-state index contributed by atoms with van der Waals surface area (Å²) >= 11 is 1.35. The lowest BCUT2D eigenvalue weighted by Gasteiger charge is -2.22. The first kappa shape index (κ1) is 21.5. The van der Waals surface area contributed by atoms with Crippen LogP contribution in [0.3, 0.4) is 0 Å². The topological polar surface area (TPSA) is 91.8 Å². The maximum absolute atomic E-state index is 13.2. The molecule has 1 amide bonds. The van der Waals surface area contributed by atoms with Crippen LogP contribution in [0, 0.1) is 0 Å². The average Bonchev–Trinajstić information content (AvgIpc) is 3.42. The van der Waals surface area contributed by atoms with Gasteiger partial charge in [-0.2, -0.15) is 0 Å². The van der Waals surface area contributed by atoms with Gasteiger partial charge in [-0.1, -0.05) is 11.3 Å². The fraction of sp³-hybridized carbons (Fsp3) is 0.333. The second kappa shape index (κ2) is 8.45. The number of amides is 1. The lowest BCUT2D eigenvalue weighted by Crippen LogP contribution is -2.25. The first-order valence-electron chi connectivity index (χ1n) is 9.87. The molecule has 0 aliphatic carbocycles. The van der Waals surface area contributed by atoms with Crippen molar-refractivity contribution in [2.24, 2.45) is 0 Å². The molecule has 1 aliphatic heterocycles. The Morgan fingerprint density at radius 2 is 1.90 bits per heavy atom. The van der Waals surface area contributed by atoms with Crippen molar-refractivity contribution in [1.82, 2.24) is 9.29 Å². The number of fused-ring (bicyclic) bond motifs is 1. The second-order valence-corrected chi connectivity index (χ2v) is 10.6. The second-order valence-electron chi connectivity index (χ2n) is 7.47. The molecule has 1 saturated heterocycles. The molecule has 3 aromatic rings. The number of carbonyl (C=O) groups is 1. The van der Waals surface area contributed by atoms with Crippen LogP contribution >= 0.6 is 11.3 Å².